The first-order valence-corrected chi connectivity index (χ1v) is 8.54. The molecule has 26 heavy (non-hydrogen) atoms. The van der Waals surface area contributed by atoms with Crippen molar-refractivity contribution in [2.75, 3.05) is 11.9 Å². The quantitative estimate of drug-likeness (QED) is 0.799. The molecule has 0 aliphatic carbocycles. The first-order chi connectivity index (χ1) is 12.3. The van der Waals surface area contributed by atoms with Gasteiger partial charge in [-0.05, 0) is 57.4 Å². The minimum atomic E-state index is -0.912. The average Bonchev–Trinajstić information content (AvgIpc) is 2.56. The highest BCUT2D eigenvalue weighted by Gasteiger charge is 2.19. The Morgan fingerprint density at radius 3 is 2.27 bits per heavy atom. The summed E-state index contributed by atoms with van der Waals surface area (Å²) < 4.78 is 10.7. The monoisotopic (exact) mass is 355 g/mol. The lowest BCUT2D eigenvalue weighted by Crippen LogP contribution is -2.32. The Morgan fingerprint density at radius 1 is 1.00 bits per heavy atom. The molecule has 5 heteroatoms. The van der Waals surface area contributed by atoms with Crippen LogP contribution in [-0.2, 0) is 14.3 Å². The summed E-state index contributed by atoms with van der Waals surface area (Å²) in [7, 11) is 0. The summed E-state index contributed by atoms with van der Waals surface area (Å²) in [6, 6.07) is 11.5. The molecule has 0 heterocycles. The normalized spacial score (nSPS) is 11.6. The van der Waals surface area contributed by atoms with Crippen molar-refractivity contribution in [1.82, 2.24) is 0 Å². The van der Waals surface area contributed by atoms with E-state index in [1.54, 1.807) is 0 Å². The number of carbonyl (C=O) groups excluding carboxylic acids is 2. The van der Waals surface area contributed by atoms with Crippen molar-refractivity contribution in [1.29, 1.82) is 0 Å². The van der Waals surface area contributed by atoms with E-state index >= 15 is 0 Å². The Balaban J connectivity index is 1.89. The van der Waals surface area contributed by atoms with Crippen LogP contribution in [-0.4, -0.2) is 24.6 Å². The number of carbonyl (C=O) groups is 2. The Bertz CT molecular complexity index is 793. The summed E-state index contributed by atoms with van der Waals surface area (Å²) in [4.78, 5) is 24.2. The molecule has 138 valence electrons. The molecule has 5 nitrogen and oxygen atoms in total. The van der Waals surface area contributed by atoms with E-state index in [2.05, 4.69) is 5.32 Å². The van der Waals surface area contributed by atoms with E-state index in [9.17, 15) is 9.59 Å². The number of nitrogens with one attached hydrogen (secondary N) is 1. The Hall–Kier alpha value is -2.82. The van der Waals surface area contributed by atoms with Gasteiger partial charge in [-0.1, -0.05) is 35.9 Å². The summed E-state index contributed by atoms with van der Waals surface area (Å²) in [5.41, 5.74) is 4.66. The summed E-state index contributed by atoms with van der Waals surface area (Å²) in [5, 5.41) is 2.78. The average molecular weight is 355 g/mol. The molecule has 0 saturated carbocycles. The van der Waals surface area contributed by atoms with Gasteiger partial charge in [-0.25, -0.2) is 4.79 Å². The van der Waals surface area contributed by atoms with Crippen molar-refractivity contribution in [3.05, 3.63) is 58.7 Å². The molecule has 0 radical (unpaired) electrons. The maximum Gasteiger partial charge on any atom is 0.344 e. The third-order valence-electron chi connectivity index (χ3n) is 4.06. The van der Waals surface area contributed by atoms with Gasteiger partial charge in [0, 0.05) is 5.69 Å². The van der Waals surface area contributed by atoms with Crippen molar-refractivity contribution in [2.24, 2.45) is 0 Å². The van der Waals surface area contributed by atoms with Crippen molar-refractivity contribution in [3.8, 4) is 5.75 Å². The van der Waals surface area contributed by atoms with Crippen LogP contribution in [0.1, 0.15) is 29.2 Å². The van der Waals surface area contributed by atoms with Crippen LogP contribution in [0.3, 0.4) is 0 Å². The van der Waals surface area contributed by atoms with Crippen molar-refractivity contribution < 1.29 is 19.1 Å². The predicted octanol–water partition coefficient (Wildman–Crippen LogP) is 3.87. The number of hydrogen-bond acceptors (Lipinski definition) is 4. The molecule has 2 aromatic rings. The number of hydrogen-bond donors (Lipinski definition) is 1. The second-order valence-corrected chi connectivity index (χ2v) is 6.45. The molecule has 0 aliphatic heterocycles. The van der Waals surface area contributed by atoms with Gasteiger partial charge in [-0.15, -0.1) is 0 Å². The number of anilines is 1. The van der Waals surface area contributed by atoms with E-state index < -0.39 is 12.1 Å². The van der Waals surface area contributed by atoms with E-state index in [1.807, 2.05) is 64.1 Å². The molecule has 1 amide bonds. The zero-order valence-electron chi connectivity index (χ0n) is 15.9. The number of amides is 1. The molecule has 1 atom stereocenters. The summed E-state index contributed by atoms with van der Waals surface area (Å²) in [6.07, 6.45) is -0.912. The van der Waals surface area contributed by atoms with Crippen LogP contribution in [0.15, 0.2) is 36.4 Å². The highest BCUT2D eigenvalue weighted by atomic mass is 16.6. The zero-order valence-corrected chi connectivity index (χ0v) is 15.9. The van der Waals surface area contributed by atoms with E-state index in [0.717, 1.165) is 22.3 Å². The zero-order chi connectivity index (χ0) is 19.3. The summed E-state index contributed by atoms with van der Waals surface area (Å²) in [5.74, 6) is -0.301. The molecule has 0 unspecified atom stereocenters. The second-order valence-electron chi connectivity index (χ2n) is 6.45. The topological polar surface area (TPSA) is 64.6 Å². The highest BCUT2D eigenvalue weighted by Crippen LogP contribution is 2.22. The van der Waals surface area contributed by atoms with Gasteiger partial charge in [-0.3, -0.25) is 4.79 Å². The third-order valence-corrected chi connectivity index (χ3v) is 4.06. The molecule has 2 rings (SSSR count). The van der Waals surface area contributed by atoms with E-state index in [-0.39, 0.29) is 12.5 Å². The maximum absolute atomic E-state index is 12.2. The number of aryl methyl sites for hydroxylation is 4. The lowest BCUT2D eigenvalue weighted by Gasteiger charge is -2.16. The van der Waals surface area contributed by atoms with Gasteiger partial charge in [0.25, 0.3) is 5.91 Å². The van der Waals surface area contributed by atoms with Gasteiger partial charge in [0.05, 0.1) is 0 Å². The molecule has 0 spiro atoms. The molecule has 1 N–H and O–H groups in total. The second kappa shape index (κ2) is 8.52. The van der Waals surface area contributed by atoms with Gasteiger partial charge in [0.2, 0.25) is 0 Å². The number of benzene rings is 2. The number of esters is 1. The third kappa shape index (κ3) is 5.09. The molecular weight excluding hydrogens is 330 g/mol. The first kappa shape index (κ1) is 19.5. The Kier molecular flexibility index (Phi) is 6.39. The SMILES string of the molecule is Cc1ccc(NC(=O)[C@H](C)OC(=O)COc2c(C)cccc2C)c(C)c1. The van der Waals surface area contributed by atoms with E-state index in [4.69, 9.17) is 9.47 Å². The number of para-hydroxylation sites is 1. The fourth-order valence-corrected chi connectivity index (χ4v) is 2.63. The molecule has 0 aromatic heterocycles. The summed E-state index contributed by atoms with van der Waals surface area (Å²) >= 11 is 0. The minimum absolute atomic E-state index is 0.243. The molecule has 0 saturated heterocycles. The number of rotatable bonds is 6. The van der Waals surface area contributed by atoms with Crippen molar-refractivity contribution in [3.63, 3.8) is 0 Å². The maximum atomic E-state index is 12.2. The van der Waals surface area contributed by atoms with Crippen LogP contribution < -0.4 is 10.1 Å². The molecule has 0 aliphatic rings. The van der Waals surface area contributed by atoms with Gasteiger partial charge in [-0.2, -0.15) is 0 Å². The predicted molar refractivity (Wildman–Crippen MR) is 102 cm³/mol. The summed E-state index contributed by atoms with van der Waals surface area (Å²) in [6.45, 7) is 9.01. The van der Waals surface area contributed by atoms with Gasteiger partial charge >= 0.3 is 5.97 Å². The number of ether oxygens (including phenoxy) is 2. The van der Waals surface area contributed by atoms with Crippen LogP contribution in [0.25, 0.3) is 0 Å². The van der Waals surface area contributed by atoms with Crippen LogP contribution in [0.5, 0.6) is 5.75 Å². The van der Waals surface area contributed by atoms with Gasteiger partial charge in [0.15, 0.2) is 12.7 Å². The van der Waals surface area contributed by atoms with E-state index in [1.165, 1.54) is 6.92 Å². The molecule has 2 aromatic carbocycles. The fraction of sp³-hybridized carbons (Fsp3) is 0.333. The van der Waals surface area contributed by atoms with Crippen LogP contribution in [0, 0.1) is 27.7 Å². The largest absolute Gasteiger partial charge is 0.481 e. The van der Waals surface area contributed by atoms with Crippen LogP contribution >= 0.6 is 0 Å². The van der Waals surface area contributed by atoms with Crippen molar-refractivity contribution >= 4 is 17.6 Å². The smallest absolute Gasteiger partial charge is 0.344 e. The van der Waals surface area contributed by atoms with Gasteiger partial charge < -0.3 is 14.8 Å². The standard InChI is InChI=1S/C21H25NO4/c1-13-9-10-18(16(4)11-13)22-21(24)17(5)26-19(23)12-25-20-14(2)7-6-8-15(20)3/h6-11,17H,12H2,1-5H3,(H,22,24)/t17-/m0/s1. The first-order valence-electron chi connectivity index (χ1n) is 8.54. The van der Waals surface area contributed by atoms with E-state index in [0.29, 0.717) is 11.4 Å². The Morgan fingerprint density at radius 2 is 1.65 bits per heavy atom. The lowest BCUT2D eigenvalue weighted by molar-refractivity contribution is -0.155. The molecule has 0 bridgehead atoms. The van der Waals surface area contributed by atoms with Crippen LogP contribution in [0.2, 0.25) is 0 Å². The Labute approximate surface area is 154 Å². The minimum Gasteiger partial charge on any atom is -0.481 e. The molecular formula is C21H25NO4. The molecule has 0 fully saturated rings. The van der Waals surface area contributed by atoms with Crippen molar-refractivity contribution in [2.45, 2.75) is 40.7 Å². The van der Waals surface area contributed by atoms with Crippen LogP contribution in [0.4, 0.5) is 5.69 Å². The van der Waals surface area contributed by atoms with Gasteiger partial charge in [0.1, 0.15) is 5.75 Å². The lowest BCUT2D eigenvalue weighted by atomic mass is 10.1. The fourth-order valence-electron chi connectivity index (χ4n) is 2.63. The highest BCUT2D eigenvalue weighted by molar-refractivity contribution is 5.95.